The molecule has 0 unspecified atom stereocenters. The monoisotopic (exact) mass is 319 g/mol. The molecule has 13 heavy (non-hydrogen) atoms. The zero-order valence-corrected chi connectivity index (χ0v) is 8.77. The van der Waals surface area contributed by atoms with Crippen LogP contribution in [0.4, 0.5) is 14.5 Å². The van der Waals surface area contributed by atoms with Crippen molar-refractivity contribution in [1.29, 1.82) is 0 Å². The number of nitro groups is 1. The Hall–Kier alpha value is -0.500. The van der Waals surface area contributed by atoms with Gasteiger partial charge in [0.25, 0.3) is 0 Å². The molecule has 1 rings (SSSR count). The van der Waals surface area contributed by atoms with Crippen LogP contribution in [0.1, 0.15) is 0 Å². The maximum absolute atomic E-state index is 12.8. The van der Waals surface area contributed by atoms with E-state index in [1.807, 2.05) is 0 Å². The van der Waals surface area contributed by atoms with Crippen LogP contribution < -0.4 is 0 Å². The topological polar surface area (TPSA) is 43.1 Å². The first kappa shape index (κ1) is 10.6. The van der Waals surface area contributed by atoms with E-state index in [1.54, 1.807) is 22.6 Å². The fourth-order valence-corrected chi connectivity index (χ4v) is 1.46. The van der Waals surface area contributed by atoms with Crippen molar-refractivity contribution < 1.29 is 13.7 Å². The van der Waals surface area contributed by atoms with Crippen LogP contribution >= 0.6 is 34.2 Å². The summed E-state index contributed by atoms with van der Waals surface area (Å²) in [6.45, 7) is 0. The predicted octanol–water partition coefficient (Wildman–Crippen LogP) is 3.13. The van der Waals surface area contributed by atoms with E-state index in [9.17, 15) is 18.9 Å². The molecule has 0 aliphatic carbocycles. The summed E-state index contributed by atoms with van der Waals surface area (Å²) in [6, 6.07) is 0.797. The maximum atomic E-state index is 12.8. The van der Waals surface area contributed by atoms with Gasteiger partial charge < -0.3 is 0 Å². The van der Waals surface area contributed by atoms with E-state index in [4.69, 9.17) is 11.6 Å². The Morgan fingerprint density at radius 3 is 2.54 bits per heavy atom. The summed E-state index contributed by atoms with van der Waals surface area (Å²) in [5.41, 5.74) is -1.02. The Morgan fingerprint density at radius 1 is 1.54 bits per heavy atom. The largest absolute Gasteiger partial charge is 0.327 e. The van der Waals surface area contributed by atoms with E-state index in [0.29, 0.717) is 0 Å². The molecule has 0 aromatic heterocycles. The standard InChI is InChI=1S/C6HClF2INO2/c7-4-3(10)1-2(8)5(9)6(4)11(12)13/h1H. The molecule has 1 aromatic rings. The smallest absolute Gasteiger partial charge is 0.258 e. The van der Waals surface area contributed by atoms with Crippen molar-refractivity contribution >= 4 is 39.9 Å². The first-order chi connectivity index (χ1) is 5.95. The average Bonchev–Trinajstić information content (AvgIpc) is 2.01. The molecule has 0 radical (unpaired) electrons. The zero-order chi connectivity index (χ0) is 10.2. The zero-order valence-electron chi connectivity index (χ0n) is 5.85. The molecular weight excluding hydrogens is 318 g/mol. The second-order valence-corrected chi connectivity index (χ2v) is 3.61. The summed E-state index contributed by atoms with van der Waals surface area (Å²) in [4.78, 5) is 9.21. The molecule has 70 valence electrons. The van der Waals surface area contributed by atoms with Gasteiger partial charge in [-0.15, -0.1) is 0 Å². The molecule has 0 saturated carbocycles. The van der Waals surface area contributed by atoms with Gasteiger partial charge in [-0.2, -0.15) is 4.39 Å². The van der Waals surface area contributed by atoms with Crippen molar-refractivity contribution in [2.45, 2.75) is 0 Å². The van der Waals surface area contributed by atoms with E-state index >= 15 is 0 Å². The number of hydrogen-bond acceptors (Lipinski definition) is 2. The van der Waals surface area contributed by atoms with Crippen LogP contribution in [0.2, 0.25) is 5.02 Å². The van der Waals surface area contributed by atoms with Gasteiger partial charge in [-0.05, 0) is 28.7 Å². The van der Waals surface area contributed by atoms with Crippen LogP contribution in [0.15, 0.2) is 6.07 Å². The Bertz CT molecular complexity index is 359. The second-order valence-electron chi connectivity index (χ2n) is 2.07. The average molecular weight is 319 g/mol. The van der Waals surface area contributed by atoms with Crippen LogP contribution in [0.3, 0.4) is 0 Å². The van der Waals surface area contributed by atoms with Gasteiger partial charge >= 0.3 is 5.69 Å². The minimum atomic E-state index is -1.53. The summed E-state index contributed by atoms with van der Waals surface area (Å²) in [7, 11) is 0. The lowest BCUT2D eigenvalue weighted by Gasteiger charge is -1.99. The number of hydrogen-bond donors (Lipinski definition) is 0. The van der Waals surface area contributed by atoms with Crippen molar-refractivity contribution in [2.24, 2.45) is 0 Å². The maximum Gasteiger partial charge on any atom is 0.327 e. The van der Waals surface area contributed by atoms with Crippen molar-refractivity contribution in [3.05, 3.63) is 36.4 Å². The molecule has 0 spiro atoms. The Morgan fingerprint density at radius 2 is 2.08 bits per heavy atom. The van der Waals surface area contributed by atoms with Crippen molar-refractivity contribution in [2.75, 3.05) is 0 Å². The lowest BCUT2D eigenvalue weighted by atomic mass is 10.3. The minimum Gasteiger partial charge on any atom is -0.258 e. The summed E-state index contributed by atoms with van der Waals surface area (Å²) < 4.78 is 25.5. The molecular formula is C6HClF2INO2. The highest BCUT2D eigenvalue weighted by Gasteiger charge is 2.25. The molecule has 1 aromatic carbocycles. The van der Waals surface area contributed by atoms with Crippen LogP contribution in [0.5, 0.6) is 0 Å². The van der Waals surface area contributed by atoms with E-state index in [1.165, 1.54) is 0 Å². The van der Waals surface area contributed by atoms with Crippen LogP contribution in [-0.2, 0) is 0 Å². The van der Waals surface area contributed by atoms with Crippen molar-refractivity contribution in [3.8, 4) is 0 Å². The lowest BCUT2D eigenvalue weighted by Crippen LogP contribution is -1.98. The lowest BCUT2D eigenvalue weighted by molar-refractivity contribution is -0.387. The van der Waals surface area contributed by atoms with Gasteiger partial charge in [-0.25, -0.2) is 4.39 Å². The van der Waals surface area contributed by atoms with Gasteiger partial charge in [0, 0.05) is 3.57 Å². The van der Waals surface area contributed by atoms with E-state index in [-0.39, 0.29) is 8.59 Å². The summed E-state index contributed by atoms with van der Waals surface area (Å²) in [5.74, 6) is -2.81. The van der Waals surface area contributed by atoms with Gasteiger partial charge in [0.2, 0.25) is 5.82 Å². The Kier molecular flexibility index (Phi) is 3.01. The second kappa shape index (κ2) is 3.70. The highest BCUT2D eigenvalue weighted by Crippen LogP contribution is 2.33. The fraction of sp³-hybridized carbons (Fsp3) is 0. The molecule has 0 saturated heterocycles. The Labute approximate surface area is 90.0 Å². The van der Waals surface area contributed by atoms with Crippen LogP contribution in [0.25, 0.3) is 0 Å². The molecule has 0 fully saturated rings. The number of nitro benzene ring substituents is 1. The molecule has 7 heteroatoms. The highest BCUT2D eigenvalue weighted by atomic mass is 127. The van der Waals surface area contributed by atoms with Gasteiger partial charge in [-0.1, -0.05) is 11.6 Å². The Balaban J connectivity index is 3.56. The molecule has 0 amide bonds. The SMILES string of the molecule is O=[N+]([O-])c1c(F)c(F)cc(I)c1Cl. The quantitative estimate of drug-likeness (QED) is 0.345. The number of halogens is 4. The normalized spacial score (nSPS) is 10.2. The third kappa shape index (κ3) is 1.88. The molecule has 0 N–H and O–H groups in total. The molecule has 0 atom stereocenters. The number of benzene rings is 1. The number of rotatable bonds is 1. The third-order valence-electron chi connectivity index (χ3n) is 1.27. The molecule has 0 aliphatic rings. The minimum absolute atomic E-state index is 0.102. The van der Waals surface area contributed by atoms with Crippen molar-refractivity contribution in [3.63, 3.8) is 0 Å². The van der Waals surface area contributed by atoms with Gasteiger partial charge in [0.1, 0.15) is 5.02 Å². The van der Waals surface area contributed by atoms with E-state index in [0.717, 1.165) is 6.07 Å². The van der Waals surface area contributed by atoms with E-state index < -0.39 is 22.2 Å². The third-order valence-corrected chi connectivity index (χ3v) is 2.82. The highest BCUT2D eigenvalue weighted by molar-refractivity contribution is 14.1. The fourth-order valence-electron chi connectivity index (χ4n) is 0.721. The van der Waals surface area contributed by atoms with Crippen LogP contribution in [-0.4, -0.2) is 4.92 Å². The summed E-state index contributed by atoms with van der Waals surface area (Å²) in [5, 5.41) is 9.87. The molecule has 3 nitrogen and oxygen atoms in total. The first-order valence-corrected chi connectivity index (χ1v) is 4.38. The van der Waals surface area contributed by atoms with Gasteiger partial charge in [0.05, 0.1) is 4.92 Å². The van der Waals surface area contributed by atoms with Crippen LogP contribution in [0, 0.1) is 25.3 Å². The van der Waals surface area contributed by atoms with Crippen molar-refractivity contribution in [1.82, 2.24) is 0 Å². The molecule has 0 heterocycles. The number of nitrogens with zero attached hydrogens (tertiary/aromatic N) is 1. The van der Waals surface area contributed by atoms with Gasteiger partial charge in [0.15, 0.2) is 5.82 Å². The van der Waals surface area contributed by atoms with Gasteiger partial charge in [-0.3, -0.25) is 10.1 Å². The summed E-state index contributed by atoms with van der Waals surface area (Å²) in [6.07, 6.45) is 0. The summed E-state index contributed by atoms with van der Waals surface area (Å²) >= 11 is 6.99. The molecule has 0 bridgehead atoms. The van der Waals surface area contributed by atoms with E-state index in [2.05, 4.69) is 0 Å². The molecule has 0 aliphatic heterocycles. The first-order valence-electron chi connectivity index (χ1n) is 2.92. The predicted molar refractivity (Wildman–Crippen MR) is 50.7 cm³/mol.